The molecule has 1 aliphatic rings. The van der Waals surface area contributed by atoms with Gasteiger partial charge in [-0.3, -0.25) is 4.90 Å². The first-order valence-corrected chi connectivity index (χ1v) is 10.3. The number of amides is 2. The predicted molar refractivity (Wildman–Crippen MR) is 113 cm³/mol. The van der Waals surface area contributed by atoms with E-state index in [0.29, 0.717) is 12.4 Å². The largest absolute Gasteiger partial charge is 0.444 e. The Morgan fingerprint density at radius 2 is 1.76 bits per heavy atom. The highest BCUT2D eigenvalue weighted by molar-refractivity contribution is 5.88. The van der Waals surface area contributed by atoms with Crippen molar-refractivity contribution in [3.05, 3.63) is 23.9 Å². The molecule has 7 nitrogen and oxygen atoms in total. The molecule has 2 amide bonds. The maximum atomic E-state index is 12.9. The zero-order valence-electron chi connectivity index (χ0n) is 19.0. The minimum absolute atomic E-state index is 0.158. The third kappa shape index (κ3) is 6.08. The van der Waals surface area contributed by atoms with Gasteiger partial charge in [0.1, 0.15) is 17.0 Å². The van der Waals surface area contributed by atoms with Crippen molar-refractivity contribution in [2.24, 2.45) is 0 Å². The number of ether oxygens (including phenoxy) is 2. The fourth-order valence-corrected chi connectivity index (χ4v) is 3.35. The highest BCUT2D eigenvalue weighted by atomic mass is 16.6. The van der Waals surface area contributed by atoms with E-state index in [0.717, 1.165) is 18.4 Å². The van der Waals surface area contributed by atoms with Crippen molar-refractivity contribution in [2.75, 3.05) is 11.4 Å². The summed E-state index contributed by atoms with van der Waals surface area (Å²) in [5.41, 5.74) is -0.354. The second-order valence-corrected chi connectivity index (χ2v) is 9.69. The van der Waals surface area contributed by atoms with Gasteiger partial charge in [-0.15, -0.1) is 0 Å². The second-order valence-electron chi connectivity index (χ2n) is 9.69. The fraction of sp³-hybridized carbons (Fsp3) is 0.682. The van der Waals surface area contributed by atoms with Gasteiger partial charge < -0.3 is 14.4 Å². The normalized spacial score (nSPS) is 17.4. The predicted octanol–water partition coefficient (Wildman–Crippen LogP) is 5.30. The molecule has 7 heteroatoms. The van der Waals surface area contributed by atoms with Crippen LogP contribution in [-0.4, -0.2) is 45.9 Å². The van der Waals surface area contributed by atoms with Crippen molar-refractivity contribution in [1.82, 2.24) is 9.88 Å². The summed E-state index contributed by atoms with van der Waals surface area (Å²) in [4.78, 5) is 33.5. The Kier molecular flexibility index (Phi) is 6.81. The summed E-state index contributed by atoms with van der Waals surface area (Å²) in [6.45, 7) is 15.5. The lowest BCUT2D eigenvalue weighted by Crippen LogP contribution is -2.43. The van der Waals surface area contributed by atoms with E-state index in [1.807, 2.05) is 67.5 Å². The quantitative estimate of drug-likeness (QED) is 0.682. The zero-order chi connectivity index (χ0) is 22.0. The molecule has 162 valence electrons. The zero-order valence-corrected chi connectivity index (χ0v) is 19.0. The lowest BCUT2D eigenvalue weighted by Gasteiger charge is -2.33. The van der Waals surface area contributed by atoms with Crippen molar-refractivity contribution in [3.8, 4) is 0 Å². The van der Waals surface area contributed by atoms with E-state index in [2.05, 4.69) is 4.98 Å². The van der Waals surface area contributed by atoms with Gasteiger partial charge in [0.25, 0.3) is 0 Å². The van der Waals surface area contributed by atoms with Gasteiger partial charge in [0.2, 0.25) is 0 Å². The molecule has 2 heterocycles. The van der Waals surface area contributed by atoms with E-state index in [9.17, 15) is 9.59 Å². The molecule has 1 aromatic rings. The molecule has 0 bridgehead atoms. The summed E-state index contributed by atoms with van der Waals surface area (Å²) in [5, 5.41) is 0. The van der Waals surface area contributed by atoms with Gasteiger partial charge in [-0.05, 0) is 74.3 Å². The Labute approximate surface area is 174 Å². The average Bonchev–Trinajstić information content (AvgIpc) is 3.01. The number of rotatable bonds is 3. The van der Waals surface area contributed by atoms with E-state index in [4.69, 9.17) is 9.47 Å². The maximum absolute atomic E-state index is 12.9. The van der Waals surface area contributed by atoms with Gasteiger partial charge in [0.15, 0.2) is 0 Å². The first-order chi connectivity index (χ1) is 13.3. The molecule has 1 fully saturated rings. The van der Waals surface area contributed by atoms with E-state index in [1.54, 1.807) is 16.0 Å². The highest BCUT2D eigenvalue weighted by Crippen LogP contribution is 2.38. The number of carbonyl (C=O) groups is 2. The van der Waals surface area contributed by atoms with Crippen LogP contribution in [0.3, 0.4) is 0 Å². The van der Waals surface area contributed by atoms with E-state index in [-0.39, 0.29) is 18.2 Å². The summed E-state index contributed by atoms with van der Waals surface area (Å²) in [6.07, 6.45) is 2.52. The van der Waals surface area contributed by atoms with Gasteiger partial charge in [-0.25, -0.2) is 14.6 Å². The van der Waals surface area contributed by atoms with Crippen LogP contribution in [0.25, 0.3) is 0 Å². The Hall–Kier alpha value is -2.31. The van der Waals surface area contributed by atoms with Crippen LogP contribution in [0.4, 0.5) is 15.4 Å². The third-order valence-electron chi connectivity index (χ3n) is 4.39. The summed E-state index contributed by atoms with van der Waals surface area (Å²) in [7, 11) is 0. The Balaban J connectivity index is 2.40. The third-order valence-corrected chi connectivity index (χ3v) is 4.39. The number of aromatic nitrogens is 1. The van der Waals surface area contributed by atoms with Crippen molar-refractivity contribution >= 4 is 18.0 Å². The highest BCUT2D eigenvalue weighted by Gasteiger charge is 2.37. The first-order valence-electron chi connectivity index (χ1n) is 10.3. The molecule has 1 saturated heterocycles. The van der Waals surface area contributed by atoms with Gasteiger partial charge in [-0.2, -0.15) is 0 Å². The van der Waals surface area contributed by atoms with Gasteiger partial charge in [-0.1, -0.05) is 6.07 Å². The lowest BCUT2D eigenvalue weighted by atomic mass is 10.0. The van der Waals surface area contributed by atoms with E-state index in [1.165, 1.54) is 0 Å². The Bertz CT molecular complexity index is 734. The smallest absolute Gasteiger partial charge is 0.416 e. The summed E-state index contributed by atoms with van der Waals surface area (Å²) < 4.78 is 11.2. The molecule has 1 atom stereocenters. The van der Waals surface area contributed by atoms with Gasteiger partial charge >= 0.3 is 12.2 Å². The molecule has 0 aliphatic carbocycles. The Morgan fingerprint density at radius 1 is 1.14 bits per heavy atom. The van der Waals surface area contributed by atoms with Crippen LogP contribution in [-0.2, 0) is 9.47 Å². The summed E-state index contributed by atoms with van der Waals surface area (Å²) >= 11 is 0. The fourth-order valence-electron chi connectivity index (χ4n) is 3.35. The standard InChI is InChI=1S/C22H35N3O4/c1-15(2)25(20(27)29-22(6,7)8)18-16(11-9-13-23-18)17-12-10-14-24(17)19(26)28-21(3,4)5/h9,11,13,15,17H,10,12,14H2,1-8H3. The first kappa shape index (κ1) is 23.0. The van der Waals surface area contributed by atoms with Gasteiger partial charge in [0, 0.05) is 24.3 Å². The molecular formula is C22H35N3O4. The molecule has 0 saturated carbocycles. The Morgan fingerprint density at radius 3 is 2.31 bits per heavy atom. The molecule has 1 aliphatic heterocycles. The van der Waals surface area contributed by atoms with Gasteiger partial charge in [0.05, 0.1) is 6.04 Å². The van der Waals surface area contributed by atoms with Crippen LogP contribution in [0, 0.1) is 0 Å². The van der Waals surface area contributed by atoms with Crippen molar-refractivity contribution < 1.29 is 19.1 Å². The molecule has 2 rings (SSSR count). The van der Waals surface area contributed by atoms with Crippen LogP contribution >= 0.6 is 0 Å². The number of pyridine rings is 1. The molecular weight excluding hydrogens is 370 g/mol. The molecule has 0 N–H and O–H groups in total. The number of likely N-dealkylation sites (tertiary alicyclic amines) is 1. The lowest BCUT2D eigenvalue weighted by molar-refractivity contribution is 0.0224. The van der Waals surface area contributed by atoms with E-state index >= 15 is 0 Å². The molecule has 0 spiro atoms. The molecule has 0 aromatic carbocycles. The molecule has 29 heavy (non-hydrogen) atoms. The monoisotopic (exact) mass is 405 g/mol. The summed E-state index contributed by atoms with van der Waals surface area (Å²) in [6, 6.07) is 3.40. The molecule has 0 radical (unpaired) electrons. The van der Waals surface area contributed by atoms with Crippen LogP contribution in [0.1, 0.15) is 79.8 Å². The van der Waals surface area contributed by atoms with Crippen LogP contribution in [0.5, 0.6) is 0 Å². The van der Waals surface area contributed by atoms with Crippen LogP contribution < -0.4 is 4.90 Å². The number of hydrogen-bond donors (Lipinski definition) is 0. The van der Waals surface area contributed by atoms with Crippen LogP contribution in [0.2, 0.25) is 0 Å². The summed E-state index contributed by atoms with van der Waals surface area (Å²) in [5.74, 6) is 0.525. The average molecular weight is 406 g/mol. The molecule has 1 aromatic heterocycles. The number of anilines is 1. The minimum Gasteiger partial charge on any atom is -0.444 e. The van der Waals surface area contributed by atoms with Crippen LogP contribution in [0.15, 0.2) is 18.3 Å². The van der Waals surface area contributed by atoms with E-state index < -0.39 is 17.3 Å². The SMILES string of the molecule is CC(C)N(C(=O)OC(C)(C)C)c1ncccc1C1CCCN1C(=O)OC(C)(C)C. The number of hydrogen-bond acceptors (Lipinski definition) is 5. The maximum Gasteiger partial charge on any atom is 0.416 e. The second kappa shape index (κ2) is 8.59. The number of nitrogens with zero attached hydrogens (tertiary/aromatic N) is 3. The van der Waals surface area contributed by atoms with Crippen molar-refractivity contribution in [1.29, 1.82) is 0 Å². The molecule has 1 unspecified atom stereocenters. The van der Waals surface area contributed by atoms with Crippen molar-refractivity contribution in [2.45, 2.75) is 91.5 Å². The minimum atomic E-state index is -0.616. The number of carbonyl (C=O) groups excluding carboxylic acids is 2. The van der Waals surface area contributed by atoms with Crippen molar-refractivity contribution in [3.63, 3.8) is 0 Å². The topological polar surface area (TPSA) is 72.0 Å².